The van der Waals surface area contributed by atoms with Crippen molar-refractivity contribution in [1.29, 1.82) is 0 Å². The summed E-state index contributed by atoms with van der Waals surface area (Å²) in [6.07, 6.45) is 0. The molecule has 0 N–H and O–H groups in total. The molecule has 0 aliphatic carbocycles. The van der Waals surface area contributed by atoms with Crippen LogP contribution in [0.5, 0.6) is 0 Å². The van der Waals surface area contributed by atoms with Crippen LogP contribution in [0, 0.1) is 6.92 Å². The van der Waals surface area contributed by atoms with Gasteiger partial charge in [0, 0.05) is 17.2 Å². The van der Waals surface area contributed by atoms with E-state index in [0.29, 0.717) is 6.54 Å². The number of para-hydroxylation sites is 1. The quantitative estimate of drug-likeness (QED) is 0.870. The Hall–Kier alpha value is -1.46. The summed E-state index contributed by atoms with van der Waals surface area (Å²) in [5.41, 5.74) is 2.69. The number of anilines is 1. The molecule has 2 aromatic carbocycles. The molecule has 3 rings (SSSR count). The summed E-state index contributed by atoms with van der Waals surface area (Å²) in [6, 6.07) is 15.4. The second-order valence-electron chi connectivity index (χ2n) is 5.07. The summed E-state index contributed by atoms with van der Waals surface area (Å²) in [4.78, 5) is 1.04. The van der Waals surface area contributed by atoms with Crippen molar-refractivity contribution >= 4 is 27.5 Å². The van der Waals surface area contributed by atoms with Crippen LogP contribution >= 0.6 is 11.8 Å². The third kappa shape index (κ3) is 2.94. The Morgan fingerprint density at radius 1 is 1.10 bits per heavy atom. The van der Waals surface area contributed by atoms with Crippen LogP contribution in [0.25, 0.3) is 0 Å². The maximum Gasteiger partial charge on any atom is 0.239 e. The van der Waals surface area contributed by atoms with Crippen LogP contribution in [0.4, 0.5) is 5.69 Å². The molecule has 0 saturated heterocycles. The van der Waals surface area contributed by atoms with E-state index in [9.17, 15) is 8.42 Å². The Labute approximate surface area is 130 Å². The number of thioether (sulfide) groups is 1. The van der Waals surface area contributed by atoms with Gasteiger partial charge >= 0.3 is 0 Å². The Kier molecular flexibility index (Phi) is 3.95. The van der Waals surface area contributed by atoms with Crippen molar-refractivity contribution in [3.8, 4) is 0 Å². The molecule has 110 valence electrons. The average molecular weight is 319 g/mol. The van der Waals surface area contributed by atoms with Gasteiger partial charge in [0.25, 0.3) is 0 Å². The Balaban J connectivity index is 1.95. The molecule has 0 bridgehead atoms. The zero-order chi connectivity index (χ0) is 14.9. The highest BCUT2D eigenvalue weighted by atomic mass is 32.2. The van der Waals surface area contributed by atoms with Crippen molar-refractivity contribution < 1.29 is 8.42 Å². The predicted molar refractivity (Wildman–Crippen MR) is 88.3 cm³/mol. The summed E-state index contributed by atoms with van der Waals surface area (Å²) < 4.78 is 27.1. The van der Waals surface area contributed by atoms with E-state index in [-0.39, 0.29) is 5.75 Å². The van der Waals surface area contributed by atoms with Gasteiger partial charge in [-0.15, -0.1) is 11.8 Å². The van der Waals surface area contributed by atoms with Crippen LogP contribution < -0.4 is 4.31 Å². The van der Waals surface area contributed by atoms with Crippen LogP contribution in [0.3, 0.4) is 0 Å². The van der Waals surface area contributed by atoms with Gasteiger partial charge in [0.05, 0.1) is 11.4 Å². The van der Waals surface area contributed by atoms with Gasteiger partial charge in [-0.25, -0.2) is 8.42 Å². The smallest absolute Gasteiger partial charge is 0.239 e. The number of benzene rings is 2. The molecule has 0 saturated carbocycles. The molecule has 3 nitrogen and oxygen atoms in total. The molecule has 0 unspecified atom stereocenters. The third-order valence-electron chi connectivity index (χ3n) is 3.62. The zero-order valence-corrected chi connectivity index (χ0v) is 13.5. The molecule has 0 amide bonds. The second-order valence-corrected chi connectivity index (χ2v) is 8.10. The van der Waals surface area contributed by atoms with Crippen molar-refractivity contribution in [2.45, 2.75) is 17.6 Å². The number of hydrogen-bond acceptors (Lipinski definition) is 3. The zero-order valence-electron chi connectivity index (χ0n) is 11.8. The number of sulfonamides is 1. The van der Waals surface area contributed by atoms with Crippen molar-refractivity contribution in [2.24, 2.45) is 0 Å². The Morgan fingerprint density at radius 2 is 1.81 bits per heavy atom. The topological polar surface area (TPSA) is 37.4 Å². The fraction of sp³-hybridized carbons (Fsp3) is 0.250. The van der Waals surface area contributed by atoms with Gasteiger partial charge in [-0.1, -0.05) is 36.4 Å². The first-order valence-electron chi connectivity index (χ1n) is 6.85. The largest absolute Gasteiger partial charge is 0.268 e. The summed E-state index contributed by atoms with van der Waals surface area (Å²) in [7, 11) is -3.35. The highest BCUT2D eigenvalue weighted by Gasteiger charge is 2.28. The molecular formula is C16H17NO2S2. The lowest BCUT2D eigenvalue weighted by Gasteiger charge is -2.30. The first kappa shape index (κ1) is 14.5. The SMILES string of the molecule is Cc1ccccc1CS(=O)(=O)N1CCSc2ccccc21. The maximum absolute atomic E-state index is 12.8. The Morgan fingerprint density at radius 3 is 2.62 bits per heavy atom. The summed E-state index contributed by atoms with van der Waals surface area (Å²) in [6.45, 7) is 2.49. The molecule has 5 heteroatoms. The van der Waals surface area contributed by atoms with E-state index in [1.165, 1.54) is 0 Å². The molecule has 0 radical (unpaired) electrons. The van der Waals surface area contributed by atoms with Gasteiger partial charge < -0.3 is 0 Å². The molecule has 1 heterocycles. The fourth-order valence-corrected chi connectivity index (χ4v) is 5.35. The second kappa shape index (κ2) is 5.73. The van der Waals surface area contributed by atoms with Crippen LogP contribution in [0.15, 0.2) is 53.4 Å². The monoisotopic (exact) mass is 319 g/mol. The minimum absolute atomic E-state index is 0.0542. The molecular weight excluding hydrogens is 302 g/mol. The molecule has 21 heavy (non-hydrogen) atoms. The molecule has 0 aromatic heterocycles. The number of rotatable bonds is 3. The summed E-state index contributed by atoms with van der Waals surface area (Å²) in [5, 5.41) is 0. The number of nitrogens with zero attached hydrogens (tertiary/aromatic N) is 1. The highest BCUT2D eigenvalue weighted by molar-refractivity contribution is 8.00. The number of aryl methyl sites for hydroxylation is 1. The fourth-order valence-electron chi connectivity index (χ4n) is 2.48. The normalized spacial score (nSPS) is 14.8. The Bertz CT molecular complexity index is 756. The van der Waals surface area contributed by atoms with Gasteiger partial charge in [0.1, 0.15) is 0 Å². The molecule has 2 aromatic rings. The minimum Gasteiger partial charge on any atom is -0.268 e. The van der Waals surface area contributed by atoms with E-state index in [2.05, 4.69) is 0 Å². The van der Waals surface area contributed by atoms with E-state index in [0.717, 1.165) is 27.5 Å². The van der Waals surface area contributed by atoms with Crippen LogP contribution in [-0.4, -0.2) is 20.7 Å². The first-order chi connectivity index (χ1) is 10.1. The van der Waals surface area contributed by atoms with E-state index in [4.69, 9.17) is 0 Å². The summed E-state index contributed by atoms with van der Waals surface area (Å²) in [5.74, 6) is 0.850. The van der Waals surface area contributed by atoms with Gasteiger partial charge in [-0.3, -0.25) is 4.31 Å². The predicted octanol–water partition coefficient (Wildman–Crippen LogP) is 3.44. The number of fused-ring (bicyclic) bond motifs is 1. The van der Waals surface area contributed by atoms with Gasteiger partial charge in [0.15, 0.2) is 0 Å². The lowest BCUT2D eigenvalue weighted by Crippen LogP contribution is -2.36. The van der Waals surface area contributed by atoms with E-state index in [1.807, 2.05) is 55.5 Å². The van der Waals surface area contributed by atoms with Crippen LogP contribution in [0.2, 0.25) is 0 Å². The van der Waals surface area contributed by atoms with Crippen molar-refractivity contribution in [3.63, 3.8) is 0 Å². The third-order valence-corrected chi connectivity index (χ3v) is 6.39. The van der Waals surface area contributed by atoms with E-state index in [1.54, 1.807) is 16.1 Å². The molecule has 0 spiro atoms. The van der Waals surface area contributed by atoms with E-state index >= 15 is 0 Å². The molecule has 1 aliphatic heterocycles. The number of hydrogen-bond donors (Lipinski definition) is 0. The average Bonchev–Trinajstić information content (AvgIpc) is 2.49. The molecule has 0 fully saturated rings. The van der Waals surface area contributed by atoms with Crippen molar-refractivity contribution in [3.05, 3.63) is 59.7 Å². The van der Waals surface area contributed by atoms with E-state index < -0.39 is 10.0 Å². The van der Waals surface area contributed by atoms with Crippen molar-refractivity contribution in [1.82, 2.24) is 0 Å². The standard InChI is InChI=1S/C16H17NO2S2/c1-13-6-2-3-7-14(13)12-21(18,19)17-10-11-20-16-9-5-4-8-15(16)17/h2-9H,10-12H2,1H3. The lowest BCUT2D eigenvalue weighted by atomic mass is 10.1. The van der Waals surface area contributed by atoms with Gasteiger partial charge in [0.2, 0.25) is 10.0 Å². The van der Waals surface area contributed by atoms with Gasteiger partial charge in [-0.2, -0.15) is 0 Å². The molecule has 1 aliphatic rings. The first-order valence-corrected chi connectivity index (χ1v) is 9.44. The van der Waals surface area contributed by atoms with Gasteiger partial charge in [-0.05, 0) is 30.2 Å². The van der Waals surface area contributed by atoms with Crippen LogP contribution in [0.1, 0.15) is 11.1 Å². The maximum atomic E-state index is 12.8. The summed E-state index contributed by atoms with van der Waals surface area (Å²) >= 11 is 1.71. The highest BCUT2D eigenvalue weighted by Crippen LogP contribution is 2.36. The minimum atomic E-state index is -3.35. The van der Waals surface area contributed by atoms with Crippen molar-refractivity contribution in [2.75, 3.05) is 16.6 Å². The lowest BCUT2D eigenvalue weighted by molar-refractivity contribution is 0.590. The van der Waals surface area contributed by atoms with Crippen LogP contribution in [-0.2, 0) is 15.8 Å². The molecule has 0 atom stereocenters.